The van der Waals surface area contributed by atoms with Crippen molar-refractivity contribution >= 4 is 22.8 Å². The predicted molar refractivity (Wildman–Crippen MR) is 92.6 cm³/mol. The molecule has 1 fully saturated rings. The predicted octanol–water partition coefficient (Wildman–Crippen LogP) is 1.88. The number of nitrogens with zero attached hydrogens (tertiary/aromatic N) is 3. The summed E-state index contributed by atoms with van der Waals surface area (Å²) in [5.41, 5.74) is 2.88. The number of piperazine rings is 1. The van der Waals surface area contributed by atoms with Gasteiger partial charge >= 0.3 is 0 Å². The summed E-state index contributed by atoms with van der Waals surface area (Å²) in [6, 6.07) is 5.90. The molecule has 1 aromatic carbocycles. The molecule has 6 nitrogen and oxygen atoms in total. The van der Waals surface area contributed by atoms with Crippen LogP contribution in [0.5, 0.6) is 0 Å². The van der Waals surface area contributed by atoms with Gasteiger partial charge in [-0.25, -0.2) is 4.98 Å². The van der Waals surface area contributed by atoms with Gasteiger partial charge in [-0.2, -0.15) is 0 Å². The highest BCUT2D eigenvalue weighted by Crippen LogP contribution is 2.15. The highest BCUT2D eigenvalue weighted by atomic mass is 16.2. The summed E-state index contributed by atoms with van der Waals surface area (Å²) in [6.45, 7) is 6.46. The second-order valence-corrected chi connectivity index (χ2v) is 6.36. The lowest BCUT2D eigenvalue weighted by atomic mass is 10.1. The lowest BCUT2D eigenvalue weighted by Gasteiger charge is -2.35. The molecular formula is C18H24N4O2. The van der Waals surface area contributed by atoms with Gasteiger partial charge in [0.2, 0.25) is 11.8 Å². The fourth-order valence-corrected chi connectivity index (χ4v) is 3.16. The summed E-state index contributed by atoms with van der Waals surface area (Å²) in [7, 11) is 0. The monoisotopic (exact) mass is 328 g/mol. The molecule has 1 saturated heterocycles. The minimum absolute atomic E-state index is 0.119. The zero-order valence-corrected chi connectivity index (χ0v) is 14.3. The molecule has 0 unspecified atom stereocenters. The Morgan fingerprint density at radius 1 is 1.12 bits per heavy atom. The van der Waals surface area contributed by atoms with Gasteiger partial charge in [-0.3, -0.25) is 9.59 Å². The smallest absolute Gasteiger partial charge is 0.227 e. The topological polar surface area (TPSA) is 69.3 Å². The van der Waals surface area contributed by atoms with Crippen molar-refractivity contribution in [3.8, 4) is 0 Å². The third kappa shape index (κ3) is 3.58. The SMILES string of the molecule is CCCC(=O)N1CCN(C(=O)Cc2ccc3nc(C)[nH]c3c2)CC1. The van der Waals surface area contributed by atoms with Crippen LogP contribution in [-0.2, 0) is 16.0 Å². The van der Waals surface area contributed by atoms with Gasteiger partial charge in [0.1, 0.15) is 5.82 Å². The molecular weight excluding hydrogens is 304 g/mol. The molecule has 24 heavy (non-hydrogen) atoms. The van der Waals surface area contributed by atoms with Gasteiger partial charge in [0, 0.05) is 32.6 Å². The summed E-state index contributed by atoms with van der Waals surface area (Å²) in [5, 5.41) is 0. The molecule has 0 saturated carbocycles. The number of fused-ring (bicyclic) bond motifs is 1. The molecule has 128 valence electrons. The zero-order valence-electron chi connectivity index (χ0n) is 14.3. The molecule has 0 atom stereocenters. The number of H-pyrrole nitrogens is 1. The van der Waals surface area contributed by atoms with Crippen LogP contribution in [0, 0.1) is 6.92 Å². The first-order chi connectivity index (χ1) is 11.6. The molecule has 1 aliphatic rings. The van der Waals surface area contributed by atoms with E-state index in [-0.39, 0.29) is 11.8 Å². The molecule has 3 rings (SSSR count). The van der Waals surface area contributed by atoms with Crippen LogP contribution in [0.25, 0.3) is 11.0 Å². The molecule has 0 spiro atoms. The molecule has 0 bridgehead atoms. The Kier molecular flexibility index (Phi) is 4.83. The van der Waals surface area contributed by atoms with Gasteiger partial charge in [-0.1, -0.05) is 13.0 Å². The van der Waals surface area contributed by atoms with Crippen LogP contribution < -0.4 is 0 Å². The first kappa shape index (κ1) is 16.5. The van der Waals surface area contributed by atoms with E-state index in [9.17, 15) is 9.59 Å². The van der Waals surface area contributed by atoms with Gasteiger partial charge < -0.3 is 14.8 Å². The van der Waals surface area contributed by atoms with E-state index in [1.54, 1.807) is 0 Å². The van der Waals surface area contributed by atoms with Crippen molar-refractivity contribution in [1.29, 1.82) is 0 Å². The Morgan fingerprint density at radius 3 is 2.46 bits per heavy atom. The van der Waals surface area contributed by atoms with Gasteiger partial charge in [0.25, 0.3) is 0 Å². The van der Waals surface area contributed by atoms with Crippen molar-refractivity contribution in [2.24, 2.45) is 0 Å². The van der Waals surface area contributed by atoms with E-state index < -0.39 is 0 Å². The van der Waals surface area contributed by atoms with Gasteiger partial charge in [0.05, 0.1) is 17.5 Å². The van der Waals surface area contributed by atoms with Crippen LogP contribution in [0.15, 0.2) is 18.2 Å². The van der Waals surface area contributed by atoms with E-state index in [1.807, 2.05) is 41.8 Å². The fraction of sp³-hybridized carbons (Fsp3) is 0.500. The minimum Gasteiger partial charge on any atom is -0.342 e. The number of carbonyl (C=O) groups is 2. The van der Waals surface area contributed by atoms with Crippen LogP contribution in [0.3, 0.4) is 0 Å². The third-order valence-corrected chi connectivity index (χ3v) is 4.47. The standard InChI is InChI=1S/C18H24N4O2/c1-3-4-17(23)21-7-9-22(10-8-21)18(24)12-14-5-6-15-16(11-14)20-13(2)19-15/h5-6,11H,3-4,7-10,12H2,1-2H3,(H,19,20). The average Bonchev–Trinajstić information content (AvgIpc) is 2.94. The second-order valence-electron chi connectivity index (χ2n) is 6.36. The van der Waals surface area contributed by atoms with Crippen LogP contribution >= 0.6 is 0 Å². The molecule has 6 heteroatoms. The number of rotatable bonds is 4. The summed E-state index contributed by atoms with van der Waals surface area (Å²) >= 11 is 0. The normalized spacial score (nSPS) is 15.1. The summed E-state index contributed by atoms with van der Waals surface area (Å²) < 4.78 is 0. The van der Waals surface area contributed by atoms with Crippen LogP contribution in [0.2, 0.25) is 0 Å². The highest BCUT2D eigenvalue weighted by molar-refractivity contribution is 5.82. The third-order valence-electron chi connectivity index (χ3n) is 4.47. The largest absolute Gasteiger partial charge is 0.342 e. The number of aromatic nitrogens is 2. The number of carbonyl (C=O) groups excluding carboxylic acids is 2. The van der Waals surface area contributed by atoms with Crippen LogP contribution in [0.4, 0.5) is 0 Å². The maximum Gasteiger partial charge on any atom is 0.227 e. The van der Waals surface area contributed by atoms with Crippen molar-refractivity contribution < 1.29 is 9.59 Å². The highest BCUT2D eigenvalue weighted by Gasteiger charge is 2.23. The molecule has 1 N–H and O–H groups in total. The average molecular weight is 328 g/mol. The maximum atomic E-state index is 12.5. The Hall–Kier alpha value is -2.37. The summed E-state index contributed by atoms with van der Waals surface area (Å²) in [6.07, 6.45) is 1.85. The van der Waals surface area contributed by atoms with E-state index >= 15 is 0 Å². The number of benzene rings is 1. The van der Waals surface area contributed by atoms with E-state index in [1.165, 1.54) is 0 Å². The maximum absolute atomic E-state index is 12.5. The first-order valence-electron chi connectivity index (χ1n) is 8.57. The summed E-state index contributed by atoms with van der Waals surface area (Å²) in [4.78, 5) is 35.7. The van der Waals surface area contributed by atoms with Crippen molar-refractivity contribution in [3.63, 3.8) is 0 Å². The van der Waals surface area contributed by atoms with E-state index in [0.29, 0.717) is 39.0 Å². The number of hydrogen-bond donors (Lipinski definition) is 1. The van der Waals surface area contributed by atoms with Crippen molar-refractivity contribution in [3.05, 3.63) is 29.6 Å². The molecule has 1 aromatic heterocycles. The molecule has 0 radical (unpaired) electrons. The first-order valence-corrected chi connectivity index (χ1v) is 8.57. The molecule has 2 heterocycles. The molecule has 2 amide bonds. The number of amides is 2. The lowest BCUT2D eigenvalue weighted by Crippen LogP contribution is -2.50. The van der Waals surface area contributed by atoms with E-state index in [2.05, 4.69) is 9.97 Å². The van der Waals surface area contributed by atoms with E-state index in [0.717, 1.165) is 28.8 Å². The van der Waals surface area contributed by atoms with Gasteiger partial charge in [0.15, 0.2) is 0 Å². The van der Waals surface area contributed by atoms with Gasteiger partial charge in [-0.15, -0.1) is 0 Å². The van der Waals surface area contributed by atoms with Gasteiger partial charge in [-0.05, 0) is 31.0 Å². The number of nitrogens with one attached hydrogen (secondary N) is 1. The minimum atomic E-state index is 0.119. The lowest BCUT2D eigenvalue weighted by molar-refractivity contribution is -0.139. The fourth-order valence-electron chi connectivity index (χ4n) is 3.16. The quantitative estimate of drug-likeness (QED) is 0.932. The Bertz CT molecular complexity index is 745. The number of imidazole rings is 1. The van der Waals surface area contributed by atoms with Crippen molar-refractivity contribution in [1.82, 2.24) is 19.8 Å². The van der Waals surface area contributed by atoms with E-state index in [4.69, 9.17) is 0 Å². The molecule has 2 aromatic rings. The number of aromatic amines is 1. The number of aryl methyl sites for hydroxylation is 1. The van der Waals surface area contributed by atoms with Crippen LogP contribution in [0.1, 0.15) is 31.2 Å². The van der Waals surface area contributed by atoms with Crippen molar-refractivity contribution in [2.75, 3.05) is 26.2 Å². The Labute approximate surface area is 141 Å². The molecule has 1 aliphatic heterocycles. The second kappa shape index (κ2) is 7.03. The Balaban J connectivity index is 1.58. The van der Waals surface area contributed by atoms with Crippen molar-refractivity contribution in [2.45, 2.75) is 33.1 Å². The zero-order chi connectivity index (χ0) is 17.1. The Morgan fingerprint density at radius 2 is 1.79 bits per heavy atom. The molecule has 0 aliphatic carbocycles. The summed E-state index contributed by atoms with van der Waals surface area (Å²) in [5.74, 6) is 1.19. The van der Waals surface area contributed by atoms with Crippen LogP contribution in [-0.4, -0.2) is 57.8 Å². The number of hydrogen-bond acceptors (Lipinski definition) is 3.